The van der Waals surface area contributed by atoms with Crippen molar-refractivity contribution >= 4 is 28.4 Å². The molecule has 1 aliphatic heterocycles. The van der Waals surface area contributed by atoms with Crippen molar-refractivity contribution in [2.75, 3.05) is 26.3 Å². The molecule has 0 radical (unpaired) electrons. The van der Waals surface area contributed by atoms with Crippen LogP contribution >= 0.6 is 11.6 Å². The fourth-order valence-corrected chi connectivity index (χ4v) is 2.49. The molecule has 2 aromatic rings. The number of nitrogens with one attached hydrogen (secondary N) is 1. The second kappa shape index (κ2) is 4.83. The van der Waals surface area contributed by atoms with Crippen molar-refractivity contribution in [1.29, 1.82) is 0 Å². The summed E-state index contributed by atoms with van der Waals surface area (Å²) in [6, 6.07) is 4.23. The van der Waals surface area contributed by atoms with Crippen LogP contribution in [0.3, 0.4) is 0 Å². The third kappa shape index (κ3) is 2.19. The van der Waals surface area contributed by atoms with Gasteiger partial charge in [0.05, 0.1) is 18.2 Å². The van der Waals surface area contributed by atoms with E-state index in [-0.39, 0.29) is 16.7 Å². The lowest BCUT2D eigenvalue weighted by Crippen LogP contribution is -2.40. The summed E-state index contributed by atoms with van der Waals surface area (Å²) in [5, 5.41) is 0.796. The molecule has 0 spiro atoms. The first-order valence-corrected chi connectivity index (χ1v) is 6.38. The van der Waals surface area contributed by atoms with Gasteiger partial charge in [-0.1, -0.05) is 11.6 Å². The van der Waals surface area contributed by atoms with Crippen LogP contribution in [0.5, 0.6) is 0 Å². The van der Waals surface area contributed by atoms with E-state index in [9.17, 15) is 9.18 Å². The maximum absolute atomic E-state index is 13.2. The summed E-state index contributed by atoms with van der Waals surface area (Å²) < 4.78 is 18.4. The average Bonchev–Trinajstić information content (AvgIpc) is 2.76. The van der Waals surface area contributed by atoms with E-state index in [1.54, 1.807) is 11.0 Å². The minimum absolute atomic E-state index is 0.176. The number of benzene rings is 1. The molecular formula is C13H12ClFN2O2. The van der Waals surface area contributed by atoms with Crippen molar-refractivity contribution in [2.45, 2.75) is 0 Å². The Bertz CT molecular complexity index is 635. The highest BCUT2D eigenvalue weighted by atomic mass is 35.5. The quantitative estimate of drug-likeness (QED) is 0.873. The Hall–Kier alpha value is -1.59. The van der Waals surface area contributed by atoms with Crippen LogP contribution in [0.1, 0.15) is 10.5 Å². The molecular weight excluding hydrogens is 271 g/mol. The normalized spacial score (nSPS) is 16.0. The van der Waals surface area contributed by atoms with Crippen LogP contribution in [0.15, 0.2) is 18.2 Å². The van der Waals surface area contributed by atoms with Crippen molar-refractivity contribution in [3.05, 3.63) is 34.7 Å². The molecule has 2 heterocycles. The summed E-state index contributed by atoms with van der Waals surface area (Å²) in [5.74, 6) is -0.552. The van der Waals surface area contributed by atoms with Gasteiger partial charge in [-0.3, -0.25) is 4.79 Å². The Labute approximate surface area is 114 Å². The number of aromatic amines is 1. The Kier molecular flexibility index (Phi) is 3.16. The number of fused-ring (bicyclic) bond motifs is 1. The summed E-state index contributed by atoms with van der Waals surface area (Å²) in [5.41, 5.74) is 0.965. The summed E-state index contributed by atoms with van der Waals surface area (Å²) >= 11 is 6.17. The molecule has 1 fully saturated rings. The maximum Gasteiger partial charge on any atom is 0.272 e. The largest absolute Gasteiger partial charge is 0.378 e. The molecule has 0 saturated carbocycles. The molecule has 0 bridgehead atoms. The second-order valence-electron chi connectivity index (χ2n) is 4.41. The first-order valence-electron chi connectivity index (χ1n) is 6.00. The summed E-state index contributed by atoms with van der Waals surface area (Å²) in [7, 11) is 0. The van der Waals surface area contributed by atoms with Gasteiger partial charge in [-0.05, 0) is 18.2 Å². The number of carbonyl (C=O) groups excluding carboxylic acids is 1. The van der Waals surface area contributed by atoms with E-state index in [2.05, 4.69) is 4.98 Å². The summed E-state index contributed by atoms with van der Waals surface area (Å²) in [4.78, 5) is 17.0. The second-order valence-corrected chi connectivity index (χ2v) is 4.79. The highest BCUT2D eigenvalue weighted by Crippen LogP contribution is 2.29. The Morgan fingerprint density at radius 1 is 1.37 bits per heavy atom. The molecule has 1 saturated heterocycles. The van der Waals surface area contributed by atoms with E-state index in [4.69, 9.17) is 16.3 Å². The van der Waals surface area contributed by atoms with Crippen molar-refractivity contribution in [2.24, 2.45) is 0 Å². The fourth-order valence-electron chi connectivity index (χ4n) is 2.20. The number of nitrogens with zero attached hydrogens (tertiary/aromatic N) is 1. The van der Waals surface area contributed by atoms with Gasteiger partial charge in [-0.25, -0.2) is 4.39 Å². The monoisotopic (exact) mass is 282 g/mol. The number of halogens is 2. The van der Waals surface area contributed by atoms with Gasteiger partial charge in [0.2, 0.25) is 0 Å². The number of morpholine rings is 1. The van der Waals surface area contributed by atoms with Gasteiger partial charge >= 0.3 is 0 Å². The number of H-pyrrole nitrogens is 1. The van der Waals surface area contributed by atoms with Gasteiger partial charge in [-0.2, -0.15) is 0 Å². The summed E-state index contributed by atoms with van der Waals surface area (Å²) in [6.07, 6.45) is 0. The van der Waals surface area contributed by atoms with E-state index in [0.29, 0.717) is 42.9 Å². The van der Waals surface area contributed by atoms with Gasteiger partial charge in [0.15, 0.2) is 0 Å². The van der Waals surface area contributed by atoms with Crippen LogP contribution in [0.2, 0.25) is 5.02 Å². The van der Waals surface area contributed by atoms with Gasteiger partial charge < -0.3 is 14.6 Å². The molecule has 1 aromatic carbocycles. The molecule has 3 rings (SSSR count). The highest BCUT2D eigenvalue weighted by Gasteiger charge is 2.23. The van der Waals surface area contributed by atoms with Crippen molar-refractivity contribution < 1.29 is 13.9 Å². The molecule has 1 aromatic heterocycles. The third-order valence-corrected chi connectivity index (χ3v) is 3.60. The van der Waals surface area contributed by atoms with Gasteiger partial charge in [-0.15, -0.1) is 0 Å². The highest BCUT2D eigenvalue weighted by molar-refractivity contribution is 6.38. The molecule has 1 aliphatic rings. The number of carbonyl (C=O) groups is 1. The van der Waals surface area contributed by atoms with Crippen LogP contribution in [0.4, 0.5) is 4.39 Å². The van der Waals surface area contributed by atoms with Gasteiger partial charge in [0.25, 0.3) is 5.91 Å². The van der Waals surface area contributed by atoms with Gasteiger partial charge in [0, 0.05) is 24.0 Å². The van der Waals surface area contributed by atoms with Crippen LogP contribution in [-0.4, -0.2) is 42.1 Å². The van der Waals surface area contributed by atoms with E-state index in [0.717, 1.165) is 0 Å². The first-order chi connectivity index (χ1) is 9.16. The smallest absolute Gasteiger partial charge is 0.272 e. The molecule has 6 heteroatoms. The number of hydrogen-bond acceptors (Lipinski definition) is 2. The summed E-state index contributed by atoms with van der Waals surface area (Å²) in [6.45, 7) is 2.13. The predicted molar refractivity (Wildman–Crippen MR) is 70.0 cm³/mol. The SMILES string of the molecule is O=C(c1[nH]c2ccc(F)cc2c1Cl)N1CCOCC1. The van der Waals surface area contributed by atoms with E-state index < -0.39 is 0 Å². The van der Waals surface area contributed by atoms with Crippen LogP contribution in [0.25, 0.3) is 10.9 Å². The van der Waals surface area contributed by atoms with Crippen molar-refractivity contribution in [3.63, 3.8) is 0 Å². The topological polar surface area (TPSA) is 45.3 Å². The third-order valence-electron chi connectivity index (χ3n) is 3.21. The zero-order valence-electron chi connectivity index (χ0n) is 10.1. The number of aromatic nitrogens is 1. The van der Waals surface area contributed by atoms with Crippen molar-refractivity contribution in [1.82, 2.24) is 9.88 Å². The minimum atomic E-state index is -0.376. The number of hydrogen-bond donors (Lipinski definition) is 1. The van der Waals surface area contributed by atoms with E-state index >= 15 is 0 Å². The molecule has 0 unspecified atom stereocenters. The lowest BCUT2D eigenvalue weighted by atomic mass is 10.2. The Balaban J connectivity index is 2.00. The fraction of sp³-hybridized carbons (Fsp3) is 0.308. The number of amides is 1. The van der Waals surface area contributed by atoms with Crippen molar-refractivity contribution in [3.8, 4) is 0 Å². The molecule has 1 N–H and O–H groups in total. The zero-order chi connectivity index (χ0) is 13.4. The van der Waals surface area contributed by atoms with Crippen LogP contribution < -0.4 is 0 Å². The van der Waals surface area contributed by atoms with Crippen LogP contribution in [-0.2, 0) is 4.74 Å². The zero-order valence-corrected chi connectivity index (χ0v) is 10.8. The van der Waals surface area contributed by atoms with Crippen LogP contribution in [0, 0.1) is 5.82 Å². The van der Waals surface area contributed by atoms with E-state index in [1.807, 2.05) is 0 Å². The average molecular weight is 283 g/mol. The minimum Gasteiger partial charge on any atom is -0.378 e. The predicted octanol–water partition coefficient (Wildman–Crippen LogP) is 2.43. The Morgan fingerprint density at radius 2 is 2.11 bits per heavy atom. The standard InChI is InChI=1S/C13H12ClFN2O2/c14-11-9-7-8(15)1-2-10(9)16-12(11)13(18)17-3-5-19-6-4-17/h1-2,7,16H,3-6H2. The number of rotatable bonds is 1. The van der Waals surface area contributed by atoms with Gasteiger partial charge in [0.1, 0.15) is 11.5 Å². The molecule has 0 aliphatic carbocycles. The Morgan fingerprint density at radius 3 is 2.84 bits per heavy atom. The molecule has 19 heavy (non-hydrogen) atoms. The molecule has 0 atom stereocenters. The lowest BCUT2D eigenvalue weighted by Gasteiger charge is -2.26. The van der Waals surface area contributed by atoms with E-state index in [1.165, 1.54) is 12.1 Å². The molecule has 4 nitrogen and oxygen atoms in total. The molecule has 1 amide bonds. The maximum atomic E-state index is 13.2. The molecule has 100 valence electrons. The first kappa shape index (κ1) is 12.4. The number of ether oxygens (including phenoxy) is 1. The lowest BCUT2D eigenvalue weighted by molar-refractivity contribution is 0.0300.